The van der Waals surface area contributed by atoms with Crippen LogP contribution in [0.2, 0.25) is 0 Å². The number of halogens is 1. The van der Waals surface area contributed by atoms with Gasteiger partial charge in [-0.1, -0.05) is 12.1 Å². The Kier molecular flexibility index (Phi) is 4.74. The SMILES string of the molecule is Cc1cccc(C(=O)N[C@H](Cc2cnc[nH]2)C(=O)O)c1Br. The van der Waals surface area contributed by atoms with E-state index in [2.05, 4.69) is 31.2 Å². The first kappa shape index (κ1) is 15.2. The normalized spacial score (nSPS) is 11.9. The van der Waals surface area contributed by atoms with Gasteiger partial charge in [0, 0.05) is 22.8 Å². The van der Waals surface area contributed by atoms with Crippen LogP contribution in [0.5, 0.6) is 0 Å². The molecular formula is C14H14BrN3O3. The number of aromatic nitrogens is 2. The molecule has 1 aromatic heterocycles. The van der Waals surface area contributed by atoms with Crippen LogP contribution in [0.4, 0.5) is 0 Å². The molecule has 0 aliphatic rings. The smallest absolute Gasteiger partial charge is 0.326 e. The van der Waals surface area contributed by atoms with Crippen LogP contribution in [0, 0.1) is 6.92 Å². The largest absolute Gasteiger partial charge is 0.480 e. The summed E-state index contributed by atoms with van der Waals surface area (Å²) in [5, 5.41) is 11.8. The number of H-pyrrole nitrogens is 1. The third-order valence-corrected chi connectivity index (χ3v) is 4.07. The Morgan fingerprint density at radius 2 is 2.24 bits per heavy atom. The van der Waals surface area contributed by atoms with Crippen molar-refractivity contribution in [3.63, 3.8) is 0 Å². The molecule has 1 atom stereocenters. The minimum absolute atomic E-state index is 0.143. The summed E-state index contributed by atoms with van der Waals surface area (Å²) < 4.78 is 0.660. The van der Waals surface area contributed by atoms with E-state index in [9.17, 15) is 14.7 Å². The van der Waals surface area contributed by atoms with Crippen molar-refractivity contribution < 1.29 is 14.7 Å². The Balaban J connectivity index is 2.15. The molecule has 7 heteroatoms. The predicted octanol–water partition coefficient (Wildman–Crippen LogP) is 1.91. The number of aliphatic carboxylic acids is 1. The molecule has 0 aliphatic carbocycles. The maximum absolute atomic E-state index is 12.2. The highest BCUT2D eigenvalue weighted by Gasteiger charge is 2.22. The fraction of sp³-hybridized carbons (Fsp3) is 0.214. The van der Waals surface area contributed by atoms with Crippen LogP contribution in [0.3, 0.4) is 0 Å². The van der Waals surface area contributed by atoms with Crippen LogP contribution in [0.1, 0.15) is 21.6 Å². The summed E-state index contributed by atoms with van der Waals surface area (Å²) in [5.74, 6) is -1.53. The second-order valence-corrected chi connectivity index (χ2v) is 5.37. The monoisotopic (exact) mass is 351 g/mol. The molecule has 110 valence electrons. The van der Waals surface area contributed by atoms with Crippen LogP contribution in [-0.2, 0) is 11.2 Å². The van der Waals surface area contributed by atoms with Crippen molar-refractivity contribution in [1.29, 1.82) is 0 Å². The molecule has 0 bridgehead atoms. The number of nitrogens with zero attached hydrogens (tertiary/aromatic N) is 1. The van der Waals surface area contributed by atoms with Crippen molar-refractivity contribution in [2.75, 3.05) is 0 Å². The number of carboxylic acid groups (broad SMARTS) is 1. The fourth-order valence-corrected chi connectivity index (χ4v) is 2.32. The zero-order chi connectivity index (χ0) is 15.4. The van der Waals surface area contributed by atoms with Crippen LogP contribution in [0.25, 0.3) is 0 Å². The first-order valence-electron chi connectivity index (χ1n) is 6.25. The van der Waals surface area contributed by atoms with Gasteiger partial charge >= 0.3 is 5.97 Å². The van der Waals surface area contributed by atoms with Crippen LogP contribution >= 0.6 is 15.9 Å². The summed E-state index contributed by atoms with van der Waals surface area (Å²) in [7, 11) is 0. The third-order valence-electron chi connectivity index (χ3n) is 3.02. The van der Waals surface area contributed by atoms with Crippen LogP contribution in [-0.4, -0.2) is 33.0 Å². The topological polar surface area (TPSA) is 95.1 Å². The van der Waals surface area contributed by atoms with Crippen molar-refractivity contribution in [3.8, 4) is 0 Å². The Morgan fingerprint density at radius 1 is 1.48 bits per heavy atom. The quantitative estimate of drug-likeness (QED) is 0.766. The average Bonchev–Trinajstić information content (AvgIpc) is 2.93. The van der Waals surface area contributed by atoms with E-state index in [1.165, 1.54) is 12.5 Å². The summed E-state index contributed by atoms with van der Waals surface area (Å²) in [6, 6.07) is 4.23. The predicted molar refractivity (Wildman–Crippen MR) is 80.1 cm³/mol. The minimum Gasteiger partial charge on any atom is -0.480 e. The third kappa shape index (κ3) is 3.69. The number of hydrogen-bond donors (Lipinski definition) is 3. The molecule has 0 spiro atoms. The zero-order valence-corrected chi connectivity index (χ0v) is 12.8. The summed E-state index contributed by atoms with van der Waals surface area (Å²) in [5.41, 5.74) is 1.96. The van der Waals surface area contributed by atoms with E-state index in [0.717, 1.165) is 5.56 Å². The number of hydrogen-bond acceptors (Lipinski definition) is 3. The number of rotatable bonds is 5. The van der Waals surface area contributed by atoms with Crippen molar-refractivity contribution >= 4 is 27.8 Å². The van der Waals surface area contributed by atoms with Crippen molar-refractivity contribution in [2.45, 2.75) is 19.4 Å². The lowest BCUT2D eigenvalue weighted by Gasteiger charge is -2.15. The van der Waals surface area contributed by atoms with Crippen molar-refractivity contribution in [1.82, 2.24) is 15.3 Å². The molecule has 1 heterocycles. The van der Waals surface area contributed by atoms with Gasteiger partial charge in [-0.3, -0.25) is 4.79 Å². The van der Waals surface area contributed by atoms with E-state index in [-0.39, 0.29) is 6.42 Å². The maximum atomic E-state index is 12.2. The number of benzene rings is 1. The molecule has 2 aromatic rings. The van der Waals surface area contributed by atoms with E-state index in [1.807, 2.05) is 13.0 Å². The number of carbonyl (C=O) groups is 2. The Bertz CT molecular complexity index is 655. The van der Waals surface area contributed by atoms with Gasteiger partial charge in [-0.05, 0) is 34.5 Å². The molecule has 0 saturated heterocycles. The number of aryl methyl sites for hydroxylation is 1. The number of carboxylic acids is 1. The Hall–Kier alpha value is -2.15. The lowest BCUT2D eigenvalue weighted by molar-refractivity contribution is -0.139. The standard InChI is InChI=1S/C14H14BrN3O3/c1-8-3-2-4-10(12(8)15)13(19)18-11(14(20)21)5-9-6-16-7-17-9/h2-4,6-7,11H,5H2,1H3,(H,16,17)(H,18,19)(H,20,21)/t11-/m1/s1. The van der Waals surface area contributed by atoms with Gasteiger partial charge in [-0.25, -0.2) is 9.78 Å². The van der Waals surface area contributed by atoms with Gasteiger partial charge in [-0.15, -0.1) is 0 Å². The number of amides is 1. The molecule has 0 saturated carbocycles. The first-order valence-corrected chi connectivity index (χ1v) is 7.04. The summed E-state index contributed by atoms with van der Waals surface area (Å²) in [6.45, 7) is 1.86. The van der Waals surface area contributed by atoms with Gasteiger partial charge in [0.15, 0.2) is 0 Å². The highest BCUT2D eigenvalue weighted by Crippen LogP contribution is 2.21. The molecule has 0 fully saturated rings. The molecular weight excluding hydrogens is 338 g/mol. The number of imidazole rings is 1. The number of nitrogens with one attached hydrogen (secondary N) is 2. The second-order valence-electron chi connectivity index (χ2n) is 4.58. The molecule has 2 rings (SSSR count). The maximum Gasteiger partial charge on any atom is 0.326 e. The van der Waals surface area contributed by atoms with E-state index < -0.39 is 17.9 Å². The number of aromatic amines is 1. The molecule has 0 radical (unpaired) electrons. The molecule has 1 amide bonds. The molecule has 6 nitrogen and oxygen atoms in total. The average molecular weight is 352 g/mol. The minimum atomic E-state index is -1.10. The second kappa shape index (κ2) is 6.53. The van der Waals surface area contributed by atoms with Gasteiger partial charge in [0.2, 0.25) is 0 Å². The Labute approximate surface area is 129 Å². The van der Waals surface area contributed by atoms with E-state index in [4.69, 9.17) is 0 Å². The van der Waals surface area contributed by atoms with Gasteiger partial charge in [0.25, 0.3) is 5.91 Å². The highest BCUT2D eigenvalue weighted by atomic mass is 79.9. The highest BCUT2D eigenvalue weighted by molar-refractivity contribution is 9.10. The van der Waals surface area contributed by atoms with Gasteiger partial charge < -0.3 is 15.4 Å². The van der Waals surface area contributed by atoms with Gasteiger partial charge in [0.05, 0.1) is 11.9 Å². The molecule has 0 unspecified atom stereocenters. The Morgan fingerprint density at radius 3 is 2.86 bits per heavy atom. The summed E-state index contributed by atoms with van der Waals surface area (Å²) in [4.78, 5) is 30.2. The van der Waals surface area contributed by atoms with Gasteiger partial charge in [0.1, 0.15) is 6.04 Å². The van der Waals surface area contributed by atoms with E-state index >= 15 is 0 Å². The molecule has 0 aliphatic heterocycles. The molecule has 21 heavy (non-hydrogen) atoms. The summed E-state index contributed by atoms with van der Waals surface area (Å²) >= 11 is 3.34. The van der Waals surface area contributed by atoms with E-state index in [1.54, 1.807) is 12.1 Å². The molecule has 1 aromatic carbocycles. The van der Waals surface area contributed by atoms with Crippen LogP contribution in [0.15, 0.2) is 35.2 Å². The first-order chi connectivity index (χ1) is 9.99. The summed E-state index contributed by atoms with van der Waals surface area (Å²) in [6.07, 6.45) is 3.14. The van der Waals surface area contributed by atoms with Gasteiger partial charge in [-0.2, -0.15) is 0 Å². The lowest BCUT2D eigenvalue weighted by atomic mass is 10.1. The van der Waals surface area contributed by atoms with Crippen molar-refractivity contribution in [2.24, 2.45) is 0 Å². The van der Waals surface area contributed by atoms with Crippen molar-refractivity contribution in [3.05, 3.63) is 52.0 Å². The fourth-order valence-electron chi connectivity index (χ4n) is 1.88. The van der Waals surface area contributed by atoms with Crippen LogP contribution < -0.4 is 5.32 Å². The zero-order valence-electron chi connectivity index (χ0n) is 11.3. The van der Waals surface area contributed by atoms with E-state index in [0.29, 0.717) is 15.7 Å². The number of carbonyl (C=O) groups excluding carboxylic acids is 1. The molecule has 3 N–H and O–H groups in total. The lowest BCUT2D eigenvalue weighted by Crippen LogP contribution is -2.42.